The standard InChI is InChI=1S/C11H11F3N2O/c12-11(13,14)9-7-17-10(16-9)15-6-8-4-2-1-3-5-8/h1-5,9H,6-7H2,(H,15,16). The summed E-state index contributed by atoms with van der Waals surface area (Å²) in [5.41, 5.74) is 0.917. The minimum Gasteiger partial charge on any atom is -0.463 e. The molecule has 1 aliphatic heterocycles. The average molecular weight is 244 g/mol. The Morgan fingerprint density at radius 3 is 2.59 bits per heavy atom. The predicted molar refractivity (Wildman–Crippen MR) is 56.5 cm³/mol. The van der Waals surface area contributed by atoms with Gasteiger partial charge in [0.1, 0.15) is 6.61 Å². The van der Waals surface area contributed by atoms with E-state index >= 15 is 0 Å². The zero-order valence-electron chi connectivity index (χ0n) is 8.87. The fourth-order valence-electron chi connectivity index (χ4n) is 1.41. The van der Waals surface area contributed by atoms with Crippen molar-refractivity contribution >= 4 is 6.02 Å². The third kappa shape index (κ3) is 3.12. The Kier molecular flexibility index (Phi) is 3.21. The van der Waals surface area contributed by atoms with Crippen molar-refractivity contribution in [2.24, 2.45) is 4.99 Å². The molecule has 0 aromatic heterocycles. The van der Waals surface area contributed by atoms with Gasteiger partial charge in [-0.25, -0.2) is 4.99 Å². The number of aliphatic imine (C=N–C) groups is 1. The van der Waals surface area contributed by atoms with Crippen molar-refractivity contribution in [3.8, 4) is 0 Å². The molecule has 2 rings (SSSR count). The summed E-state index contributed by atoms with van der Waals surface area (Å²) in [6, 6.07) is 7.54. The number of amidine groups is 1. The summed E-state index contributed by atoms with van der Waals surface area (Å²) >= 11 is 0. The maximum atomic E-state index is 12.3. The summed E-state index contributed by atoms with van der Waals surface area (Å²) in [4.78, 5) is 3.94. The van der Waals surface area contributed by atoms with E-state index in [1.54, 1.807) is 0 Å². The zero-order chi connectivity index (χ0) is 12.3. The molecule has 0 amide bonds. The molecule has 0 saturated carbocycles. The molecule has 1 aliphatic rings. The number of ether oxygens (including phenoxy) is 1. The molecule has 1 fully saturated rings. The van der Waals surface area contributed by atoms with Gasteiger partial charge in [-0.1, -0.05) is 30.3 Å². The highest BCUT2D eigenvalue weighted by Crippen LogP contribution is 2.22. The molecule has 0 radical (unpaired) electrons. The molecule has 17 heavy (non-hydrogen) atoms. The monoisotopic (exact) mass is 244 g/mol. The zero-order valence-corrected chi connectivity index (χ0v) is 8.87. The van der Waals surface area contributed by atoms with Crippen LogP contribution in [0.5, 0.6) is 0 Å². The Balaban J connectivity index is 1.93. The first kappa shape index (κ1) is 11.8. The van der Waals surface area contributed by atoms with E-state index in [9.17, 15) is 13.2 Å². The van der Waals surface area contributed by atoms with Crippen LogP contribution in [0.15, 0.2) is 35.3 Å². The van der Waals surface area contributed by atoms with Crippen molar-refractivity contribution in [2.75, 3.05) is 6.61 Å². The van der Waals surface area contributed by atoms with Crippen molar-refractivity contribution in [3.63, 3.8) is 0 Å². The van der Waals surface area contributed by atoms with Gasteiger partial charge in [0, 0.05) is 0 Å². The third-order valence-corrected chi connectivity index (χ3v) is 2.33. The summed E-state index contributed by atoms with van der Waals surface area (Å²) in [5.74, 6) is 0. The van der Waals surface area contributed by atoms with E-state index in [-0.39, 0.29) is 6.02 Å². The molecule has 6 heteroatoms. The van der Waals surface area contributed by atoms with Gasteiger partial charge in [-0.05, 0) is 5.56 Å². The number of halogens is 3. The van der Waals surface area contributed by atoms with Gasteiger partial charge in [0.2, 0.25) is 0 Å². The van der Waals surface area contributed by atoms with E-state index < -0.39 is 18.8 Å². The molecule has 1 atom stereocenters. The second-order valence-corrected chi connectivity index (χ2v) is 3.66. The van der Waals surface area contributed by atoms with Crippen LogP contribution in [0, 0.1) is 0 Å². The van der Waals surface area contributed by atoms with E-state index in [4.69, 9.17) is 4.74 Å². The maximum absolute atomic E-state index is 12.3. The molecule has 1 saturated heterocycles. The molecule has 1 aromatic carbocycles. The van der Waals surface area contributed by atoms with Crippen molar-refractivity contribution in [1.82, 2.24) is 5.32 Å². The van der Waals surface area contributed by atoms with Gasteiger partial charge < -0.3 is 10.1 Å². The lowest BCUT2D eigenvalue weighted by Crippen LogP contribution is -2.40. The van der Waals surface area contributed by atoms with Gasteiger partial charge in [-0.15, -0.1) is 0 Å². The number of nitrogens with zero attached hydrogens (tertiary/aromatic N) is 1. The number of hydrogen-bond acceptors (Lipinski definition) is 2. The minimum atomic E-state index is -4.30. The summed E-state index contributed by atoms with van der Waals surface area (Å²) in [7, 11) is 0. The maximum Gasteiger partial charge on any atom is 0.412 e. The van der Waals surface area contributed by atoms with Crippen LogP contribution in [-0.4, -0.2) is 24.8 Å². The Bertz CT molecular complexity index is 403. The lowest BCUT2D eigenvalue weighted by Gasteiger charge is -2.11. The van der Waals surface area contributed by atoms with Crippen LogP contribution in [0.4, 0.5) is 13.2 Å². The van der Waals surface area contributed by atoms with Crippen LogP contribution in [0.2, 0.25) is 0 Å². The molecule has 1 unspecified atom stereocenters. The largest absolute Gasteiger partial charge is 0.463 e. The lowest BCUT2D eigenvalue weighted by molar-refractivity contribution is -0.152. The molecule has 1 aromatic rings. The van der Waals surface area contributed by atoms with Crippen LogP contribution in [0.25, 0.3) is 0 Å². The second kappa shape index (κ2) is 4.65. The minimum absolute atomic E-state index is 0.0452. The first-order chi connectivity index (χ1) is 8.05. The van der Waals surface area contributed by atoms with Crippen LogP contribution in [-0.2, 0) is 11.3 Å². The Labute approximate surface area is 96.3 Å². The van der Waals surface area contributed by atoms with Gasteiger partial charge >= 0.3 is 6.18 Å². The molecular weight excluding hydrogens is 233 g/mol. The Hall–Kier alpha value is -1.72. The molecule has 0 aliphatic carbocycles. The quantitative estimate of drug-likeness (QED) is 0.864. The highest BCUT2D eigenvalue weighted by Gasteiger charge is 2.44. The number of hydrogen-bond donors (Lipinski definition) is 1. The van der Waals surface area contributed by atoms with Crippen LogP contribution < -0.4 is 5.32 Å². The summed E-state index contributed by atoms with van der Waals surface area (Å²) in [6.45, 7) is -0.120. The lowest BCUT2D eigenvalue weighted by atomic mass is 10.2. The fraction of sp³-hybridized carbons (Fsp3) is 0.364. The normalized spacial score (nSPS) is 22.3. The van der Waals surface area contributed by atoms with Gasteiger partial charge in [0.05, 0.1) is 6.54 Å². The van der Waals surface area contributed by atoms with Crippen molar-refractivity contribution in [1.29, 1.82) is 0 Å². The highest BCUT2D eigenvalue weighted by atomic mass is 19.4. The van der Waals surface area contributed by atoms with Crippen molar-refractivity contribution in [2.45, 2.75) is 18.8 Å². The number of rotatable bonds is 2. The summed E-state index contributed by atoms with van der Waals surface area (Å²) in [5, 5.41) is 2.20. The molecule has 1 N–H and O–H groups in total. The number of alkyl halides is 3. The van der Waals surface area contributed by atoms with E-state index in [1.807, 2.05) is 30.3 Å². The SMILES string of the molecule is FC(F)(F)C1COC(=NCc2ccccc2)N1. The Morgan fingerprint density at radius 2 is 2.00 bits per heavy atom. The summed E-state index contributed by atoms with van der Waals surface area (Å²) < 4.78 is 41.7. The molecule has 1 heterocycles. The van der Waals surface area contributed by atoms with E-state index in [2.05, 4.69) is 10.3 Å². The first-order valence-corrected chi connectivity index (χ1v) is 5.10. The van der Waals surface area contributed by atoms with Crippen LogP contribution in [0.1, 0.15) is 5.56 Å². The molecule has 92 valence electrons. The van der Waals surface area contributed by atoms with Gasteiger partial charge in [0.25, 0.3) is 6.02 Å². The van der Waals surface area contributed by atoms with Crippen LogP contribution >= 0.6 is 0 Å². The molecule has 0 spiro atoms. The van der Waals surface area contributed by atoms with Gasteiger partial charge in [-0.3, -0.25) is 0 Å². The van der Waals surface area contributed by atoms with E-state index in [0.717, 1.165) is 5.56 Å². The highest BCUT2D eigenvalue weighted by molar-refractivity contribution is 5.75. The van der Waals surface area contributed by atoms with Crippen LogP contribution in [0.3, 0.4) is 0 Å². The number of benzene rings is 1. The third-order valence-electron chi connectivity index (χ3n) is 2.33. The first-order valence-electron chi connectivity index (χ1n) is 5.10. The topological polar surface area (TPSA) is 33.6 Å². The van der Waals surface area contributed by atoms with Gasteiger partial charge in [-0.2, -0.15) is 13.2 Å². The fourth-order valence-corrected chi connectivity index (χ4v) is 1.41. The Morgan fingerprint density at radius 1 is 1.29 bits per heavy atom. The number of nitrogens with one attached hydrogen (secondary N) is 1. The second-order valence-electron chi connectivity index (χ2n) is 3.66. The summed E-state index contributed by atoms with van der Waals surface area (Å²) in [6.07, 6.45) is -4.30. The molecule has 0 bridgehead atoms. The van der Waals surface area contributed by atoms with E-state index in [1.165, 1.54) is 0 Å². The van der Waals surface area contributed by atoms with Crippen molar-refractivity contribution in [3.05, 3.63) is 35.9 Å². The van der Waals surface area contributed by atoms with E-state index in [0.29, 0.717) is 6.54 Å². The molecule has 3 nitrogen and oxygen atoms in total. The van der Waals surface area contributed by atoms with Gasteiger partial charge in [0.15, 0.2) is 6.04 Å². The van der Waals surface area contributed by atoms with Crippen molar-refractivity contribution < 1.29 is 17.9 Å². The smallest absolute Gasteiger partial charge is 0.412 e. The molecular formula is C11H11F3N2O. The average Bonchev–Trinajstić information content (AvgIpc) is 2.76. The predicted octanol–water partition coefficient (Wildman–Crippen LogP) is 2.09.